The monoisotopic (exact) mass is 275 g/mol. The fourth-order valence-corrected chi connectivity index (χ4v) is 1.89. The first-order valence-electron chi connectivity index (χ1n) is 6.32. The molecule has 1 heterocycles. The summed E-state index contributed by atoms with van der Waals surface area (Å²) in [6, 6.07) is 3.90. The molecule has 1 amide bonds. The fourth-order valence-electron chi connectivity index (χ4n) is 1.89. The molecule has 0 saturated heterocycles. The molecule has 0 bridgehead atoms. The van der Waals surface area contributed by atoms with Crippen molar-refractivity contribution >= 4 is 5.91 Å². The Bertz CT molecular complexity index is 581. The van der Waals surface area contributed by atoms with E-state index >= 15 is 0 Å². The van der Waals surface area contributed by atoms with Crippen molar-refractivity contribution in [3.8, 4) is 11.5 Å². The molecule has 0 saturated carbocycles. The number of nitrogens with one attached hydrogen (secondary N) is 1. The Morgan fingerprint density at radius 1 is 1.45 bits per heavy atom. The van der Waals surface area contributed by atoms with Crippen LogP contribution in [0, 0.1) is 5.92 Å². The summed E-state index contributed by atoms with van der Waals surface area (Å²) in [5, 5.41) is 21.5. The molecule has 0 fully saturated rings. The van der Waals surface area contributed by atoms with Gasteiger partial charge >= 0.3 is 0 Å². The number of aromatic hydroxyl groups is 2. The second kappa shape index (κ2) is 6.10. The van der Waals surface area contributed by atoms with Crippen LogP contribution < -0.4 is 5.32 Å². The van der Waals surface area contributed by atoms with E-state index in [0.29, 0.717) is 6.54 Å². The number of rotatable bonds is 5. The molecule has 20 heavy (non-hydrogen) atoms. The third-order valence-corrected chi connectivity index (χ3v) is 2.92. The van der Waals surface area contributed by atoms with Gasteiger partial charge in [-0.05, 0) is 18.1 Å². The Morgan fingerprint density at radius 2 is 2.25 bits per heavy atom. The third kappa shape index (κ3) is 3.50. The van der Waals surface area contributed by atoms with Crippen molar-refractivity contribution in [2.24, 2.45) is 5.92 Å². The maximum atomic E-state index is 11.9. The lowest BCUT2D eigenvalue weighted by Gasteiger charge is -2.13. The van der Waals surface area contributed by atoms with E-state index in [0.717, 1.165) is 12.6 Å². The molecule has 3 N–H and O–H groups in total. The van der Waals surface area contributed by atoms with Gasteiger partial charge in [0.1, 0.15) is 11.5 Å². The third-order valence-electron chi connectivity index (χ3n) is 2.92. The number of hydrogen-bond donors (Lipinski definition) is 3. The average molecular weight is 275 g/mol. The minimum atomic E-state index is -0.361. The van der Waals surface area contributed by atoms with Crippen molar-refractivity contribution in [2.75, 3.05) is 6.54 Å². The molecule has 1 aromatic carbocycles. The lowest BCUT2D eigenvalue weighted by atomic mass is 10.1. The van der Waals surface area contributed by atoms with E-state index in [9.17, 15) is 15.0 Å². The summed E-state index contributed by atoms with van der Waals surface area (Å²) < 4.78 is 1.94. The van der Waals surface area contributed by atoms with Gasteiger partial charge in [-0.25, -0.2) is 4.98 Å². The van der Waals surface area contributed by atoms with Gasteiger partial charge < -0.3 is 20.1 Å². The highest BCUT2D eigenvalue weighted by Gasteiger charge is 2.12. The van der Waals surface area contributed by atoms with Crippen molar-refractivity contribution in [2.45, 2.75) is 13.5 Å². The highest BCUT2D eigenvalue weighted by Crippen LogP contribution is 2.22. The quantitative estimate of drug-likeness (QED) is 0.769. The van der Waals surface area contributed by atoms with Crippen LogP contribution in [-0.4, -0.2) is 32.2 Å². The van der Waals surface area contributed by atoms with E-state index in [2.05, 4.69) is 10.3 Å². The Kier molecular flexibility index (Phi) is 4.24. The molecule has 1 atom stereocenters. The summed E-state index contributed by atoms with van der Waals surface area (Å²) in [6.45, 7) is 3.25. The standard InChI is InChI=1S/C14H17N3O3/c1-10(8-17-5-4-15-9-17)7-16-14(20)12-3-2-11(18)6-13(12)19/h2-6,9-10,18-19H,7-8H2,1H3,(H,16,20)/t10-/m0/s1. The number of aromatic nitrogens is 2. The zero-order chi connectivity index (χ0) is 14.5. The minimum Gasteiger partial charge on any atom is -0.508 e. The number of carbonyl (C=O) groups excluding carboxylic acids is 1. The lowest BCUT2D eigenvalue weighted by molar-refractivity contribution is 0.0944. The first-order chi connectivity index (χ1) is 9.56. The van der Waals surface area contributed by atoms with Crippen LogP contribution in [0.5, 0.6) is 11.5 Å². The van der Waals surface area contributed by atoms with Gasteiger partial charge in [-0.2, -0.15) is 0 Å². The minimum absolute atomic E-state index is 0.0764. The molecular weight excluding hydrogens is 258 g/mol. The zero-order valence-electron chi connectivity index (χ0n) is 11.2. The second-order valence-electron chi connectivity index (χ2n) is 4.78. The van der Waals surface area contributed by atoms with Crippen LogP contribution in [-0.2, 0) is 6.54 Å². The van der Waals surface area contributed by atoms with Crippen molar-refractivity contribution in [3.63, 3.8) is 0 Å². The molecular formula is C14H17N3O3. The molecule has 0 unspecified atom stereocenters. The summed E-state index contributed by atoms with van der Waals surface area (Å²) in [5.41, 5.74) is 0.151. The Hall–Kier alpha value is -2.50. The van der Waals surface area contributed by atoms with Gasteiger partial charge in [0.15, 0.2) is 0 Å². The molecule has 0 aliphatic rings. The van der Waals surface area contributed by atoms with Crippen molar-refractivity contribution in [3.05, 3.63) is 42.5 Å². The predicted molar refractivity (Wildman–Crippen MR) is 73.5 cm³/mol. The number of amides is 1. The van der Waals surface area contributed by atoms with E-state index in [1.54, 1.807) is 12.5 Å². The Balaban J connectivity index is 1.88. The van der Waals surface area contributed by atoms with Crippen LogP contribution in [0.1, 0.15) is 17.3 Å². The van der Waals surface area contributed by atoms with Crippen LogP contribution >= 0.6 is 0 Å². The van der Waals surface area contributed by atoms with Gasteiger partial charge in [-0.15, -0.1) is 0 Å². The van der Waals surface area contributed by atoms with Crippen LogP contribution in [0.2, 0.25) is 0 Å². The van der Waals surface area contributed by atoms with E-state index in [4.69, 9.17) is 0 Å². The second-order valence-corrected chi connectivity index (χ2v) is 4.78. The molecule has 0 radical (unpaired) electrons. The van der Waals surface area contributed by atoms with Crippen molar-refractivity contribution < 1.29 is 15.0 Å². The fraction of sp³-hybridized carbons (Fsp3) is 0.286. The Morgan fingerprint density at radius 3 is 2.90 bits per heavy atom. The summed E-state index contributed by atoms with van der Waals surface area (Å²) in [6.07, 6.45) is 5.30. The SMILES string of the molecule is C[C@@H](CNC(=O)c1ccc(O)cc1O)Cn1ccnc1. The van der Waals surface area contributed by atoms with Gasteiger partial charge in [0.2, 0.25) is 0 Å². The van der Waals surface area contributed by atoms with Gasteiger partial charge in [-0.3, -0.25) is 4.79 Å². The number of nitrogens with zero attached hydrogens (tertiary/aromatic N) is 2. The maximum absolute atomic E-state index is 11.9. The number of phenols is 2. The molecule has 0 spiro atoms. The Labute approximate surface area is 116 Å². The summed E-state index contributed by atoms with van der Waals surface area (Å²) >= 11 is 0. The van der Waals surface area contributed by atoms with Gasteiger partial charge in [0.25, 0.3) is 5.91 Å². The molecule has 6 nitrogen and oxygen atoms in total. The molecule has 0 aliphatic heterocycles. The largest absolute Gasteiger partial charge is 0.508 e. The van der Waals surface area contributed by atoms with E-state index < -0.39 is 0 Å². The number of imidazole rings is 1. The van der Waals surface area contributed by atoms with Crippen LogP contribution in [0.4, 0.5) is 0 Å². The topological polar surface area (TPSA) is 87.4 Å². The smallest absolute Gasteiger partial charge is 0.255 e. The van der Waals surface area contributed by atoms with E-state index in [1.165, 1.54) is 12.1 Å². The molecule has 2 aromatic rings. The predicted octanol–water partition coefficient (Wildman–Crippen LogP) is 1.36. The highest BCUT2D eigenvalue weighted by atomic mass is 16.3. The summed E-state index contributed by atoms with van der Waals surface area (Å²) in [4.78, 5) is 15.9. The van der Waals surface area contributed by atoms with Crippen molar-refractivity contribution in [1.82, 2.24) is 14.9 Å². The van der Waals surface area contributed by atoms with E-state index in [-0.39, 0.29) is 28.9 Å². The highest BCUT2D eigenvalue weighted by molar-refractivity contribution is 5.96. The molecule has 1 aromatic heterocycles. The van der Waals surface area contributed by atoms with Crippen LogP contribution in [0.25, 0.3) is 0 Å². The normalized spacial score (nSPS) is 12.1. The van der Waals surface area contributed by atoms with Crippen molar-refractivity contribution in [1.29, 1.82) is 0 Å². The number of benzene rings is 1. The first kappa shape index (κ1) is 13.9. The zero-order valence-corrected chi connectivity index (χ0v) is 11.2. The van der Waals surface area contributed by atoms with Crippen LogP contribution in [0.3, 0.4) is 0 Å². The van der Waals surface area contributed by atoms with Crippen LogP contribution in [0.15, 0.2) is 36.9 Å². The number of carbonyl (C=O) groups is 1. The molecule has 6 heteroatoms. The molecule has 0 aliphatic carbocycles. The van der Waals surface area contributed by atoms with Gasteiger partial charge in [-0.1, -0.05) is 6.92 Å². The molecule has 2 rings (SSSR count). The summed E-state index contributed by atoms with van der Waals surface area (Å²) in [5.74, 6) is -0.440. The maximum Gasteiger partial charge on any atom is 0.255 e. The van der Waals surface area contributed by atoms with Gasteiger partial charge in [0, 0.05) is 31.5 Å². The number of phenolic OH excluding ortho intramolecular Hbond substituents is 2. The van der Waals surface area contributed by atoms with E-state index in [1.807, 2.05) is 17.7 Å². The number of hydrogen-bond acceptors (Lipinski definition) is 4. The summed E-state index contributed by atoms with van der Waals surface area (Å²) in [7, 11) is 0. The lowest BCUT2D eigenvalue weighted by Crippen LogP contribution is -2.29. The average Bonchev–Trinajstić information content (AvgIpc) is 2.89. The first-order valence-corrected chi connectivity index (χ1v) is 6.32. The molecule has 106 valence electrons. The van der Waals surface area contributed by atoms with Gasteiger partial charge in [0.05, 0.1) is 11.9 Å².